The van der Waals surface area contributed by atoms with Gasteiger partial charge in [0.25, 0.3) is 0 Å². The van der Waals surface area contributed by atoms with E-state index in [-0.39, 0.29) is 24.7 Å². The average molecular weight is 286 g/mol. The van der Waals surface area contributed by atoms with E-state index in [0.717, 1.165) is 18.2 Å². The fraction of sp³-hybridized carbons (Fsp3) is 0.385. The number of carboxylic acid groups (broad SMARTS) is 1. The van der Waals surface area contributed by atoms with E-state index in [9.17, 15) is 18.4 Å². The Morgan fingerprint density at radius 3 is 2.55 bits per heavy atom. The summed E-state index contributed by atoms with van der Waals surface area (Å²) in [5.74, 6) is -2.48. The molecule has 110 valence electrons. The van der Waals surface area contributed by atoms with Crippen LogP contribution in [0.2, 0.25) is 0 Å². The summed E-state index contributed by atoms with van der Waals surface area (Å²) in [6, 6.07) is 1.76. The zero-order valence-electron chi connectivity index (χ0n) is 11.2. The fourth-order valence-corrected chi connectivity index (χ4v) is 1.59. The van der Waals surface area contributed by atoms with Gasteiger partial charge in [0.1, 0.15) is 11.6 Å². The molecule has 0 aliphatic carbocycles. The number of carbonyl (C=O) groups is 2. The monoisotopic (exact) mass is 286 g/mol. The topological polar surface area (TPSA) is 69.6 Å². The number of benzene rings is 1. The highest BCUT2D eigenvalue weighted by Crippen LogP contribution is 2.16. The first-order valence-electron chi connectivity index (χ1n) is 6.05. The van der Waals surface area contributed by atoms with Gasteiger partial charge in [-0.1, -0.05) is 0 Å². The van der Waals surface area contributed by atoms with E-state index in [1.165, 1.54) is 4.90 Å². The number of urea groups is 1. The summed E-state index contributed by atoms with van der Waals surface area (Å²) in [6.45, 7) is 3.38. The van der Waals surface area contributed by atoms with Crippen LogP contribution < -0.4 is 5.32 Å². The van der Waals surface area contributed by atoms with Crippen molar-refractivity contribution in [2.75, 3.05) is 11.9 Å². The van der Waals surface area contributed by atoms with Crippen LogP contribution in [-0.4, -0.2) is 34.6 Å². The lowest BCUT2D eigenvalue weighted by Gasteiger charge is -2.26. The fourth-order valence-electron chi connectivity index (χ4n) is 1.59. The van der Waals surface area contributed by atoms with Gasteiger partial charge in [0.05, 0.1) is 12.1 Å². The molecule has 0 aliphatic heterocycles. The van der Waals surface area contributed by atoms with Gasteiger partial charge in [-0.25, -0.2) is 13.6 Å². The van der Waals surface area contributed by atoms with Gasteiger partial charge in [0.2, 0.25) is 0 Å². The molecule has 0 aromatic heterocycles. The third kappa shape index (κ3) is 4.49. The molecular weight excluding hydrogens is 270 g/mol. The number of hydrogen-bond donors (Lipinski definition) is 2. The minimum absolute atomic E-state index is 0.0181. The Bertz CT molecular complexity index is 506. The van der Waals surface area contributed by atoms with E-state index in [4.69, 9.17) is 5.11 Å². The second kappa shape index (κ2) is 6.83. The molecule has 5 nitrogen and oxygen atoms in total. The van der Waals surface area contributed by atoms with Gasteiger partial charge in [-0.15, -0.1) is 0 Å². The van der Waals surface area contributed by atoms with Crippen molar-refractivity contribution in [2.45, 2.75) is 26.3 Å². The Morgan fingerprint density at radius 1 is 1.35 bits per heavy atom. The molecule has 0 spiro atoms. The van der Waals surface area contributed by atoms with Crippen LogP contribution in [0.25, 0.3) is 0 Å². The van der Waals surface area contributed by atoms with Gasteiger partial charge in [-0.3, -0.25) is 4.79 Å². The molecule has 2 N–H and O–H groups in total. The van der Waals surface area contributed by atoms with Crippen molar-refractivity contribution < 1.29 is 23.5 Å². The lowest BCUT2D eigenvalue weighted by atomic mass is 10.2. The molecule has 20 heavy (non-hydrogen) atoms. The molecular formula is C13H16F2N2O3. The Hall–Kier alpha value is -2.18. The number of aliphatic carboxylic acids is 1. The van der Waals surface area contributed by atoms with E-state index in [2.05, 4.69) is 5.32 Å². The minimum Gasteiger partial charge on any atom is -0.481 e. The number of carboxylic acids is 1. The summed E-state index contributed by atoms with van der Waals surface area (Å²) in [5, 5.41) is 10.9. The number of carbonyl (C=O) groups excluding carboxylic acids is 1. The van der Waals surface area contributed by atoms with E-state index < -0.39 is 23.6 Å². The van der Waals surface area contributed by atoms with E-state index in [0.29, 0.717) is 0 Å². The van der Waals surface area contributed by atoms with Crippen molar-refractivity contribution in [3.8, 4) is 0 Å². The SMILES string of the molecule is CC(C)N(CCC(=O)O)C(=O)Nc1cc(F)ccc1F. The molecule has 0 aliphatic rings. The first kappa shape index (κ1) is 15.9. The number of anilines is 1. The molecule has 0 unspecified atom stereocenters. The van der Waals surface area contributed by atoms with Gasteiger partial charge in [-0.2, -0.15) is 0 Å². The Kier molecular flexibility index (Phi) is 5.42. The van der Waals surface area contributed by atoms with Crippen molar-refractivity contribution in [2.24, 2.45) is 0 Å². The predicted molar refractivity (Wildman–Crippen MR) is 69.5 cm³/mol. The number of nitrogens with zero attached hydrogens (tertiary/aromatic N) is 1. The van der Waals surface area contributed by atoms with Crippen LogP contribution in [0.3, 0.4) is 0 Å². The van der Waals surface area contributed by atoms with Gasteiger partial charge in [0.15, 0.2) is 0 Å². The van der Waals surface area contributed by atoms with Crippen LogP contribution in [0, 0.1) is 11.6 Å². The Labute approximate surface area is 115 Å². The standard InChI is InChI=1S/C13H16F2N2O3/c1-8(2)17(6-5-12(18)19)13(20)16-11-7-9(14)3-4-10(11)15/h3-4,7-8H,5-6H2,1-2H3,(H,16,20)(H,18,19). The number of halogens is 2. The van der Waals surface area contributed by atoms with Crippen LogP contribution >= 0.6 is 0 Å². The molecule has 0 fully saturated rings. The third-order valence-corrected chi connectivity index (χ3v) is 2.62. The van der Waals surface area contributed by atoms with E-state index in [1.54, 1.807) is 13.8 Å². The molecule has 0 radical (unpaired) electrons. The summed E-state index contributed by atoms with van der Waals surface area (Å²) in [4.78, 5) is 23.7. The number of rotatable bonds is 5. The number of nitrogens with one attached hydrogen (secondary N) is 1. The summed E-state index contributed by atoms with van der Waals surface area (Å²) in [6.07, 6.45) is -0.225. The maximum Gasteiger partial charge on any atom is 0.322 e. The summed E-state index contributed by atoms with van der Waals surface area (Å²) >= 11 is 0. The quantitative estimate of drug-likeness (QED) is 0.874. The molecule has 1 aromatic carbocycles. The van der Waals surface area contributed by atoms with Crippen molar-refractivity contribution in [3.63, 3.8) is 0 Å². The molecule has 7 heteroatoms. The summed E-state index contributed by atoms with van der Waals surface area (Å²) < 4.78 is 26.4. The lowest BCUT2D eigenvalue weighted by Crippen LogP contribution is -2.41. The Morgan fingerprint density at radius 2 is 2.00 bits per heavy atom. The van der Waals surface area contributed by atoms with Crippen LogP contribution in [0.1, 0.15) is 20.3 Å². The highest BCUT2D eigenvalue weighted by atomic mass is 19.1. The van der Waals surface area contributed by atoms with Gasteiger partial charge < -0.3 is 15.3 Å². The van der Waals surface area contributed by atoms with E-state index in [1.807, 2.05) is 0 Å². The zero-order valence-corrected chi connectivity index (χ0v) is 11.2. The zero-order chi connectivity index (χ0) is 15.3. The second-order valence-corrected chi connectivity index (χ2v) is 4.49. The van der Waals surface area contributed by atoms with Crippen LogP contribution in [0.15, 0.2) is 18.2 Å². The molecule has 1 aromatic rings. The smallest absolute Gasteiger partial charge is 0.322 e. The van der Waals surface area contributed by atoms with Crippen molar-refractivity contribution in [1.82, 2.24) is 4.90 Å². The first-order chi connectivity index (χ1) is 9.31. The number of hydrogen-bond acceptors (Lipinski definition) is 2. The molecule has 1 rings (SSSR count). The van der Waals surface area contributed by atoms with Crippen molar-refractivity contribution >= 4 is 17.7 Å². The maximum absolute atomic E-state index is 13.4. The summed E-state index contributed by atoms with van der Waals surface area (Å²) in [5.41, 5.74) is -0.282. The summed E-state index contributed by atoms with van der Waals surface area (Å²) in [7, 11) is 0. The Balaban J connectivity index is 2.80. The van der Waals surface area contributed by atoms with Crippen LogP contribution in [0.4, 0.5) is 19.3 Å². The highest BCUT2D eigenvalue weighted by molar-refractivity contribution is 5.89. The van der Waals surface area contributed by atoms with E-state index >= 15 is 0 Å². The molecule has 0 heterocycles. The molecule has 2 amide bonds. The highest BCUT2D eigenvalue weighted by Gasteiger charge is 2.19. The van der Waals surface area contributed by atoms with Gasteiger partial charge in [0, 0.05) is 18.7 Å². The van der Waals surface area contributed by atoms with Crippen LogP contribution in [0.5, 0.6) is 0 Å². The largest absolute Gasteiger partial charge is 0.481 e. The average Bonchev–Trinajstić information content (AvgIpc) is 2.33. The molecule has 0 atom stereocenters. The minimum atomic E-state index is -1.04. The predicted octanol–water partition coefficient (Wildman–Crippen LogP) is 2.68. The van der Waals surface area contributed by atoms with Gasteiger partial charge >= 0.3 is 12.0 Å². The third-order valence-electron chi connectivity index (χ3n) is 2.62. The normalized spacial score (nSPS) is 10.4. The molecule has 0 saturated carbocycles. The van der Waals surface area contributed by atoms with Crippen LogP contribution in [-0.2, 0) is 4.79 Å². The first-order valence-corrected chi connectivity index (χ1v) is 6.05. The maximum atomic E-state index is 13.4. The van der Waals surface area contributed by atoms with Gasteiger partial charge in [-0.05, 0) is 26.0 Å². The molecule has 0 bridgehead atoms. The lowest BCUT2D eigenvalue weighted by molar-refractivity contribution is -0.137. The molecule has 0 saturated heterocycles. The number of amides is 2. The van der Waals surface area contributed by atoms with Crippen molar-refractivity contribution in [1.29, 1.82) is 0 Å². The second-order valence-electron chi connectivity index (χ2n) is 4.49. The van der Waals surface area contributed by atoms with Crippen molar-refractivity contribution in [3.05, 3.63) is 29.8 Å².